The Morgan fingerprint density at radius 1 is 1.19 bits per heavy atom. The molecule has 0 aliphatic heterocycles. The zero-order valence-corrected chi connectivity index (χ0v) is 10.3. The van der Waals surface area contributed by atoms with Crippen LogP contribution in [0.5, 0.6) is 5.75 Å². The summed E-state index contributed by atoms with van der Waals surface area (Å²) < 4.78 is 10.8. The number of methoxy groups -OCH3 is 1. The highest BCUT2D eigenvalue weighted by Gasteiger charge is 2.14. The molecule has 1 aromatic carbocycles. The first-order valence-electron chi connectivity index (χ1n) is 5.54. The van der Waals surface area contributed by atoms with E-state index in [1.54, 1.807) is 7.11 Å². The molecule has 0 saturated carbocycles. The van der Waals surface area contributed by atoms with Crippen LogP contribution in [0.1, 0.15) is 19.4 Å². The monoisotopic (exact) mass is 223 g/mol. The van der Waals surface area contributed by atoms with E-state index in [0.717, 1.165) is 12.2 Å². The highest BCUT2D eigenvalue weighted by atomic mass is 16.5. The highest BCUT2D eigenvalue weighted by molar-refractivity contribution is 5.27. The van der Waals surface area contributed by atoms with Crippen LogP contribution in [-0.4, -0.2) is 25.9 Å². The molecule has 0 aliphatic rings. The number of ether oxygens (including phenoxy) is 2. The van der Waals surface area contributed by atoms with E-state index in [0.29, 0.717) is 13.2 Å². The van der Waals surface area contributed by atoms with Gasteiger partial charge in [0.2, 0.25) is 0 Å². The van der Waals surface area contributed by atoms with Gasteiger partial charge in [0.15, 0.2) is 0 Å². The van der Waals surface area contributed by atoms with Crippen LogP contribution < -0.4 is 10.5 Å². The predicted octanol–water partition coefficient (Wildman–Crippen LogP) is 1.99. The van der Waals surface area contributed by atoms with Crippen LogP contribution in [0.2, 0.25) is 0 Å². The number of nitrogens with two attached hydrogens (primary N) is 1. The molecular weight excluding hydrogens is 202 g/mol. The zero-order valence-electron chi connectivity index (χ0n) is 10.3. The van der Waals surface area contributed by atoms with Crippen molar-refractivity contribution in [1.82, 2.24) is 0 Å². The van der Waals surface area contributed by atoms with E-state index in [1.165, 1.54) is 5.56 Å². The van der Waals surface area contributed by atoms with Crippen molar-refractivity contribution in [2.24, 2.45) is 5.73 Å². The third kappa shape index (κ3) is 4.21. The van der Waals surface area contributed by atoms with E-state index in [2.05, 4.69) is 12.1 Å². The summed E-state index contributed by atoms with van der Waals surface area (Å²) in [6.45, 7) is 5.23. The lowest BCUT2D eigenvalue weighted by molar-refractivity contribution is -0.00854. The van der Waals surface area contributed by atoms with E-state index in [-0.39, 0.29) is 5.60 Å². The van der Waals surface area contributed by atoms with Crippen molar-refractivity contribution in [2.75, 3.05) is 20.3 Å². The molecule has 0 spiro atoms. The van der Waals surface area contributed by atoms with E-state index >= 15 is 0 Å². The molecule has 0 bridgehead atoms. The Morgan fingerprint density at radius 3 is 2.31 bits per heavy atom. The molecule has 0 aliphatic carbocycles. The van der Waals surface area contributed by atoms with Gasteiger partial charge in [-0.2, -0.15) is 0 Å². The maximum Gasteiger partial charge on any atom is 0.118 e. The molecule has 3 nitrogen and oxygen atoms in total. The fraction of sp³-hybridized carbons (Fsp3) is 0.538. The Labute approximate surface area is 97.6 Å². The van der Waals surface area contributed by atoms with Crippen molar-refractivity contribution in [3.05, 3.63) is 29.8 Å². The van der Waals surface area contributed by atoms with Crippen LogP contribution in [0.4, 0.5) is 0 Å². The Kier molecular flexibility index (Phi) is 4.77. The second kappa shape index (κ2) is 5.87. The molecule has 1 rings (SSSR count). The van der Waals surface area contributed by atoms with Gasteiger partial charge in [-0.05, 0) is 38.0 Å². The van der Waals surface area contributed by atoms with Crippen molar-refractivity contribution in [3.8, 4) is 5.75 Å². The van der Waals surface area contributed by atoms with E-state index in [9.17, 15) is 0 Å². The Bertz CT molecular complexity index is 306. The third-order valence-electron chi connectivity index (χ3n) is 2.53. The lowest BCUT2D eigenvalue weighted by Crippen LogP contribution is -2.34. The molecule has 0 heterocycles. The van der Waals surface area contributed by atoms with E-state index < -0.39 is 0 Å². The van der Waals surface area contributed by atoms with Gasteiger partial charge in [-0.25, -0.2) is 0 Å². The number of benzene rings is 1. The van der Waals surface area contributed by atoms with Crippen LogP contribution in [0.3, 0.4) is 0 Å². The van der Waals surface area contributed by atoms with E-state index in [4.69, 9.17) is 15.2 Å². The van der Waals surface area contributed by atoms with Gasteiger partial charge in [-0.1, -0.05) is 12.1 Å². The highest BCUT2D eigenvalue weighted by Crippen LogP contribution is 2.13. The molecule has 0 amide bonds. The van der Waals surface area contributed by atoms with Gasteiger partial charge in [0.1, 0.15) is 5.75 Å². The first kappa shape index (κ1) is 13.0. The molecule has 90 valence electrons. The molecule has 1 aromatic rings. The normalized spacial score (nSPS) is 11.5. The van der Waals surface area contributed by atoms with Gasteiger partial charge >= 0.3 is 0 Å². The van der Waals surface area contributed by atoms with Gasteiger partial charge in [-0.15, -0.1) is 0 Å². The van der Waals surface area contributed by atoms with Crippen molar-refractivity contribution in [3.63, 3.8) is 0 Å². The van der Waals surface area contributed by atoms with Crippen molar-refractivity contribution < 1.29 is 9.47 Å². The fourth-order valence-electron chi connectivity index (χ4n) is 1.30. The maximum absolute atomic E-state index is 5.68. The molecule has 0 atom stereocenters. The Morgan fingerprint density at radius 2 is 1.81 bits per heavy atom. The maximum atomic E-state index is 5.68. The second-order valence-corrected chi connectivity index (χ2v) is 4.41. The first-order valence-corrected chi connectivity index (χ1v) is 5.54. The van der Waals surface area contributed by atoms with Crippen molar-refractivity contribution in [1.29, 1.82) is 0 Å². The summed E-state index contributed by atoms with van der Waals surface area (Å²) in [5.74, 6) is 0.881. The molecule has 16 heavy (non-hydrogen) atoms. The predicted molar refractivity (Wildman–Crippen MR) is 65.8 cm³/mol. The van der Waals surface area contributed by atoms with Gasteiger partial charge in [0, 0.05) is 6.54 Å². The lowest BCUT2D eigenvalue weighted by Gasteiger charge is -2.23. The summed E-state index contributed by atoms with van der Waals surface area (Å²) in [5, 5.41) is 0. The lowest BCUT2D eigenvalue weighted by atomic mass is 10.1. The molecule has 0 fully saturated rings. The van der Waals surface area contributed by atoms with Crippen molar-refractivity contribution >= 4 is 0 Å². The fourth-order valence-corrected chi connectivity index (χ4v) is 1.30. The number of hydrogen-bond donors (Lipinski definition) is 1. The topological polar surface area (TPSA) is 44.5 Å². The smallest absolute Gasteiger partial charge is 0.118 e. The minimum Gasteiger partial charge on any atom is -0.497 e. The molecular formula is C13H21NO2. The standard InChI is InChI=1S/C13H21NO2/c1-13(2,10-14)16-9-8-11-4-6-12(15-3)7-5-11/h4-7H,8-10,14H2,1-3H3. The summed E-state index contributed by atoms with van der Waals surface area (Å²) in [6.07, 6.45) is 0.896. The van der Waals surface area contributed by atoms with Crippen LogP contribution in [0.15, 0.2) is 24.3 Å². The van der Waals surface area contributed by atoms with Gasteiger partial charge < -0.3 is 15.2 Å². The molecule has 2 N–H and O–H groups in total. The number of hydrogen-bond acceptors (Lipinski definition) is 3. The summed E-state index contributed by atoms with van der Waals surface area (Å²) in [5.41, 5.74) is 6.60. The Hall–Kier alpha value is -1.06. The third-order valence-corrected chi connectivity index (χ3v) is 2.53. The quantitative estimate of drug-likeness (QED) is 0.802. The first-order chi connectivity index (χ1) is 7.57. The minimum absolute atomic E-state index is 0.230. The molecule has 0 radical (unpaired) electrons. The summed E-state index contributed by atoms with van der Waals surface area (Å²) in [4.78, 5) is 0. The molecule has 0 unspecified atom stereocenters. The summed E-state index contributed by atoms with van der Waals surface area (Å²) in [6, 6.07) is 8.03. The van der Waals surface area contributed by atoms with Crippen LogP contribution in [-0.2, 0) is 11.2 Å². The minimum atomic E-state index is -0.230. The van der Waals surface area contributed by atoms with Crippen LogP contribution in [0.25, 0.3) is 0 Å². The zero-order chi connectivity index (χ0) is 12.0. The number of rotatable bonds is 6. The van der Waals surface area contributed by atoms with Crippen molar-refractivity contribution in [2.45, 2.75) is 25.9 Å². The summed E-state index contributed by atoms with van der Waals surface area (Å²) >= 11 is 0. The Balaban J connectivity index is 2.37. The van der Waals surface area contributed by atoms with Gasteiger partial charge in [0.05, 0.1) is 19.3 Å². The average molecular weight is 223 g/mol. The van der Waals surface area contributed by atoms with Crippen LogP contribution >= 0.6 is 0 Å². The average Bonchev–Trinajstić information content (AvgIpc) is 2.30. The molecule has 0 saturated heterocycles. The van der Waals surface area contributed by atoms with E-state index in [1.807, 2.05) is 26.0 Å². The SMILES string of the molecule is COc1ccc(CCOC(C)(C)CN)cc1. The largest absolute Gasteiger partial charge is 0.497 e. The summed E-state index contributed by atoms with van der Waals surface area (Å²) in [7, 11) is 1.67. The molecule has 3 heteroatoms. The van der Waals surface area contributed by atoms with Crippen LogP contribution in [0, 0.1) is 0 Å². The van der Waals surface area contributed by atoms with Gasteiger partial charge in [-0.3, -0.25) is 0 Å². The second-order valence-electron chi connectivity index (χ2n) is 4.41. The van der Waals surface area contributed by atoms with Gasteiger partial charge in [0.25, 0.3) is 0 Å². The molecule has 0 aromatic heterocycles.